The van der Waals surface area contributed by atoms with E-state index in [0.29, 0.717) is 17.0 Å². The molecule has 1 aromatic carbocycles. The highest BCUT2D eigenvalue weighted by Crippen LogP contribution is 2.40. The Morgan fingerprint density at radius 2 is 2.21 bits per heavy atom. The van der Waals surface area contributed by atoms with Gasteiger partial charge < -0.3 is 10.2 Å². The molecule has 4 heteroatoms. The molecule has 0 heterocycles. The van der Waals surface area contributed by atoms with Gasteiger partial charge in [0.2, 0.25) is 0 Å². The summed E-state index contributed by atoms with van der Waals surface area (Å²) >= 11 is 5.90. The van der Waals surface area contributed by atoms with Crippen LogP contribution in [0, 0.1) is 0 Å². The van der Waals surface area contributed by atoms with Crippen LogP contribution in [-0.2, 0) is 16.8 Å². The zero-order chi connectivity index (χ0) is 10.3. The van der Waals surface area contributed by atoms with Gasteiger partial charge in [-0.3, -0.25) is 0 Å². The van der Waals surface area contributed by atoms with Crippen LogP contribution in [0.15, 0.2) is 18.2 Å². The Morgan fingerprint density at radius 3 is 2.86 bits per heavy atom. The molecule has 0 saturated heterocycles. The van der Waals surface area contributed by atoms with Gasteiger partial charge in [-0.15, -0.1) is 0 Å². The second-order valence-corrected chi connectivity index (χ2v) is 3.84. The van der Waals surface area contributed by atoms with Crippen LogP contribution in [0.5, 0.6) is 0 Å². The Morgan fingerprint density at radius 1 is 1.50 bits per heavy atom. The summed E-state index contributed by atoms with van der Waals surface area (Å²) in [6.07, 6.45) is 0.708. The molecule has 0 radical (unpaired) electrons. The lowest BCUT2D eigenvalue weighted by Crippen LogP contribution is -2.32. The van der Waals surface area contributed by atoms with E-state index in [1.807, 2.05) is 0 Å². The fraction of sp³-hybridized carbons (Fsp3) is 0.300. The van der Waals surface area contributed by atoms with Gasteiger partial charge in [-0.1, -0.05) is 23.7 Å². The van der Waals surface area contributed by atoms with Crippen molar-refractivity contribution in [1.82, 2.24) is 0 Å². The first kappa shape index (κ1) is 9.49. The molecule has 2 N–H and O–H groups in total. The minimum atomic E-state index is -1.75. The van der Waals surface area contributed by atoms with Crippen LogP contribution in [0.4, 0.5) is 0 Å². The largest absolute Gasteiger partial charge is 0.479 e. The predicted molar refractivity (Wildman–Crippen MR) is 51.3 cm³/mol. The molecular formula is C10H9ClO3. The van der Waals surface area contributed by atoms with Gasteiger partial charge in [-0.25, -0.2) is 4.79 Å². The average Bonchev–Trinajstić information content (AvgIpc) is 2.47. The smallest absolute Gasteiger partial charge is 0.340 e. The molecule has 0 fully saturated rings. The Labute approximate surface area is 85.9 Å². The molecule has 0 aromatic heterocycles. The van der Waals surface area contributed by atoms with Gasteiger partial charge in [0.05, 0.1) is 0 Å². The number of aliphatic carboxylic acids is 1. The number of benzene rings is 1. The second-order valence-electron chi connectivity index (χ2n) is 3.43. The number of carbonyl (C=O) groups is 1. The molecule has 0 saturated carbocycles. The van der Waals surface area contributed by atoms with Crippen molar-refractivity contribution in [3.63, 3.8) is 0 Å². The van der Waals surface area contributed by atoms with Crippen LogP contribution in [0.1, 0.15) is 17.5 Å². The molecule has 1 aromatic rings. The Kier molecular flexibility index (Phi) is 2.01. The van der Waals surface area contributed by atoms with E-state index in [0.717, 1.165) is 5.56 Å². The summed E-state index contributed by atoms with van der Waals surface area (Å²) in [7, 11) is 0. The van der Waals surface area contributed by atoms with E-state index < -0.39 is 11.6 Å². The van der Waals surface area contributed by atoms with Gasteiger partial charge in [-0.05, 0) is 30.0 Å². The number of hydrogen-bond donors (Lipinski definition) is 2. The van der Waals surface area contributed by atoms with E-state index in [1.54, 1.807) is 18.2 Å². The standard InChI is InChI=1S/C10H9ClO3/c11-8-3-1-2-7-6(8)4-5-10(7,14)9(12)13/h1-3,14H,4-5H2,(H,12,13). The van der Waals surface area contributed by atoms with Gasteiger partial charge in [0.25, 0.3) is 0 Å². The van der Waals surface area contributed by atoms with Gasteiger partial charge in [0.15, 0.2) is 5.60 Å². The van der Waals surface area contributed by atoms with Crippen molar-refractivity contribution in [2.24, 2.45) is 0 Å². The average molecular weight is 213 g/mol. The number of carboxylic acid groups (broad SMARTS) is 1. The van der Waals surface area contributed by atoms with E-state index >= 15 is 0 Å². The molecule has 74 valence electrons. The van der Waals surface area contributed by atoms with Crippen LogP contribution < -0.4 is 0 Å². The van der Waals surface area contributed by atoms with Crippen molar-refractivity contribution in [2.75, 3.05) is 0 Å². The van der Waals surface area contributed by atoms with Crippen molar-refractivity contribution >= 4 is 17.6 Å². The van der Waals surface area contributed by atoms with Crippen molar-refractivity contribution in [1.29, 1.82) is 0 Å². The second kappa shape index (κ2) is 2.97. The maximum atomic E-state index is 10.9. The Balaban J connectivity index is 2.60. The zero-order valence-electron chi connectivity index (χ0n) is 7.33. The molecule has 0 aliphatic heterocycles. The lowest BCUT2D eigenvalue weighted by Gasteiger charge is -2.17. The van der Waals surface area contributed by atoms with Crippen LogP contribution in [0.3, 0.4) is 0 Å². The number of fused-ring (bicyclic) bond motifs is 1. The highest BCUT2D eigenvalue weighted by Gasteiger charge is 2.44. The quantitative estimate of drug-likeness (QED) is 0.743. The van der Waals surface area contributed by atoms with Crippen molar-refractivity contribution in [3.8, 4) is 0 Å². The summed E-state index contributed by atoms with van der Waals surface area (Å²) in [5, 5.41) is 19.3. The summed E-state index contributed by atoms with van der Waals surface area (Å²) in [6, 6.07) is 4.97. The fourth-order valence-corrected chi connectivity index (χ4v) is 2.13. The molecule has 0 amide bonds. The number of carboxylic acids is 1. The molecule has 2 rings (SSSR count). The molecule has 1 aliphatic rings. The first-order chi connectivity index (χ1) is 6.55. The van der Waals surface area contributed by atoms with E-state index in [-0.39, 0.29) is 6.42 Å². The van der Waals surface area contributed by atoms with E-state index in [4.69, 9.17) is 16.7 Å². The third-order valence-corrected chi connectivity index (χ3v) is 3.01. The minimum Gasteiger partial charge on any atom is -0.479 e. The Hall–Kier alpha value is -1.06. The first-order valence-corrected chi connectivity index (χ1v) is 4.67. The fourth-order valence-electron chi connectivity index (χ4n) is 1.86. The maximum absolute atomic E-state index is 10.9. The summed E-state index contributed by atoms with van der Waals surface area (Å²) in [6.45, 7) is 0. The highest BCUT2D eigenvalue weighted by atomic mass is 35.5. The highest BCUT2D eigenvalue weighted by molar-refractivity contribution is 6.31. The van der Waals surface area contributed by atoms with Crippen molar-refractivity contribution < 1.29 is 15.0 Å². The van der Waals surface area contributed by atoms with Gasteiger partial charge in [0, 0.05) is 5.02 Å². The lowest BCUT2D eigenvalue weighted by atomic mass is 9.96. The summed E-state index contributed by atoms with van der Waals surface area (Å²) in [5.74, 6) is -1.21. The number of hydrogen-bond acceptors (Lipinski definition) is 2. The zero-order valence-corrected chi connectivity index (χ0v) is 8.08. The molecule has 1 unspecified atom stereocenters. The molecule has 14 heavy (non-hydrogen) atoms. The van der Waals surface area contributed by atoms with Gasteiger partial charge in [-0.2, -0.15) is 0 Å². The molecule has 1 atom stereocenters. The molecule has 0 bridgehead atoms. The first-order valence-electron chi connectivity index (χ1n) is 4.29. The third-order valence-electron chi connectivity index (χ3n) is 2.66. The van der Waals surface area contributed by atoms with Gasteiger partial charge in [0.1, 0.15) is 0 Å². The van der Waals surface area contributed by atoms with Crippen molar-refractivity contribution in [3.05, 3.63) is 34.3 Å². The van der Waals surface area contributed by atoms with Crippen LogP contribution in [-0.4, -0.2) is 16.2 Å². The van der Waals surface area contributed by atoms with E-state index in [1.165, 1.54) is 0 Å². The third kappa shape index (κ3) is 1.13. The summed E-state index contributed by atoms with van der Waals surface area (Å²) in [4.78, 5) is 10.9. The summed E-state index contributed by atoms with van der Waals surface area (Å²) < 4.78 is 0. The van der Waals surface area contributed by atoms with Crippen LogP contribution >= 0.6 is 11.6 Å². The topological polar surface area (TPSA) is 57.5 Å². The number of rotatable bonds is 1. The van der Waals surface area contributed by atoms with Crippen molar-refractivity contribution in [2.45, 2.75) is 18.4 Å². The normalized spacial score (nSPS) is 24.7. The maximum Gasteiger partial charge on any atom is 0.340 e. The summed E-state index contributed by atoms with van der Waals surface area (Å²) in [5.41, 5.74) is -0.572. The molecule has 3 nitrogen and oxygen atoms in total. The monoisotopic (exact) mass is 212 g/mol. The lowest BCUT2D eigenvalue weighted by molar-refractivity contribution is -0.159. The number of aliphatic hydroxyl groups is 1. The van der Waals surface area contributed by atoms with E-state index in [2.05, 4.69) is 0 Å². The predicted octanol–water partition coefficient (Wildman–Crippen LogP) is 1.56. The SMILES string of the molecule is O=C(O)C1(O)CCc2c(Cl)cccc21. The van der Waals surface area contributed by atoms with Crippen LogP contribution in [0.2, 0.25) is 5.02 Å². The van der Waals surface area contributed by atoms with E-state index in [9.17, 15) is 9.90 Å². The van der Waals surface area contributed by atoms with Gasteiger partial charge >= 0.3 is 5.97 Å². The molecular weight excluding hydrogens is 204 g/mol. The molecule has 1 aliphatic carbocycles. The molecule has 0 spiro atoms. The Bertz CT molecular complexity index is 402. The number of halogens is 1. The van der Waals surface area contributed by atoms with Crippen LogP contribution in [0.25, 0.3) is 0 Å². The minimum absolute atomic E-state index is 0.196.